The van der Waals surface area contributed by atoms with Gasteiger partial charge >= 0.3 is 5.97 Å². The summed E-state index contributed by atoms with van der Waals surface area (Å²) in [5.41, 5.74) is 1.30. The first-order chi connectivity index (χ1) is 12.4. The van der Waals surface area contributed by atoms with Gasteiger partial charge in [0.15, 0.2) is 0 Å². The lowest BCUT2D eigenvalue weighted by Gasteiger charge is -2.25. The van der Waals surface area contributed by atoms with Crippen molar-refractivity contribution in [3.63, 3.8) is 0 Å². The van der Waals surface area contributed by atoms with Crippen molar-refractivity contribution in [2.45, 2.75) is 37.6 Å². The Bertz CT molecular complexity index is 791. The highest BCUT2D eigenvalue weighted by Crippen LogP contribution is 2.35. The van der Waals surface area contributed by atoms with Crippen LogP contribution in [0.5, 0.6) is 0 Å². The number of nitrogens with one attached hydrogen (secondary N) is 1. The van der Waals surface area contributed by atoms with Gasteiger partial charge in [-0.05, 0) is 30.9 Å². The Labute approximate surface area is 153 Å². The first-order valence-corrected chi connectivity index (χ1v) is 9.30. The fourth-order valence-corrected chi connectivity index (χ4v) is 4.04. The number of rotatable bonds is 4. The Hall–Kier alpha value is -2.28. The summed E-state index contributed by atoms with van der Waals surface area (Å²) in [6.07, 6.45) is -0.528. The number of hydrogen-bond acceptors (Lipinski definition) is 3. The van der Waals surface area contributed by atoms with Crippen LogP contribution in [0.4, 0.5) is 8.78 Å². The van der Waals surface area contributed by atoms with E-state index in [1.807, 2.05) is 30.3 Å². The molecule has 0 aliphatic heterocycles. The molecule has 1 heterocycles. The van der Waals surface area contributed by atoms with E-state index in [0.29, 0.717) is 5.56 Å². The molecule has 1 aromatic carbocycles. The van der Waals surface area contributed by atoms with Crippen LogP contribution in [-0.2, 0) is 4.79 Å². The zero-order valence-electron chi connectivity index (χ0n) is 14.0. The van der Waals surface area contributed by atoms with E-state index in [4.69, 9.17) is 5.11 Å². The fraction of sp³-hybridized carbons (Fsp3) is 0.368. The number of amides is 1. The summed E-state index contributed by atoms with van der Waals surface area (Å²) in [6.45, 7) is 0. The maximum Gasteiger partial charge on any atom is 0.306 e. The third-order valence-corrected chi connectivity index (χ3v) is 5.69. The minimum atomic E-state index is -3.11. The molecule has 26 heavy (non-hydrogen) atoms. The van der Waals surface area contributed by atoms with E-state index in [0.717, 1.165) is 10.4 Å². The quantitative estimate of drug-likeness (QED) is 0.773. The van der Waals surface area contributed by atoms with Crippen LogP contribution in [0.25, 0.3) is 10.4 Å². The van der Waals surface area contributed by atoms with E-state index in [9.17, 15) is 18.4 Å². The van der Waals surface area contributed by atoms with Crippen molar-refractivity contribution < 1.29 is 23.5 Å². The molecule has 1 aliphatic rings. The van der Waals surface area contributed by atoms with Gasteiger partial charge in [0, 0.05) is 16.7 Å². The van der Waals surface area contributed by atoms with Gasteiger partial charge in [-0.25, -0.2) is 8.78 Å². The van der Waals surface area contributed by atoms with E-state index >= 15 is 0 Å². The predicted molar refractivity (Wildman–Crippen MR) is 95.6 cm³/mol. The second-order valence-corrected chi connectivity index (χ2v) is 7.42. The molecule has 0 radical (unpaired) electrons. The summed E-state index contributed by atoms with van der Waals surface area (Å²) in [4.78, 5) is 24.4. The zero-order chi connectivity index (χ0) is 18.7. The van der Waals surface area contributed by atoms with E-state index < -0.39 is 36.2 Å². The molecule has 1 aliphatic carbocycles. The predicted octanol–water partition coefficient (Wildman–Crippen LogP) is 4.42. The molecule has 1 aromatic heterocycles. The van der Waals surface area contributed by atoms with Crippen LogP contribution in [0.1, 0.15) is 36.0 Å². The number of aliphatic carboxylic acids is 1. The maximum atomic E-state index is 14.3. The van der Waals surface area contributed by atoms with Crippen LogP contribution in [0, 0.1) is 5.92 Å². The Kier molecular flexibility index (Phi) is 5.36. The average Bonchev–Trinajstić information content (AvgIpc) is 3.05. The molecule has 3 rings (SSSR count). The fourth-order valence-electron chi connectivity index (χ4n) is 3.14. The molecule has 2 atom stereocenters. The Morgan fingerprint density at radius 3 is 2.58 bits per heavy atom. The molecular weight excluding hydrogens is 360 g/mol. The summed E-state index contributed by atoms with van der Waals surface area (Å²) in [6, 6.07) is 9.84. The van der Waals surface area contributed by atoms with Crippen LogP contribution in [0.3, 0.4) is 0 Å². The van der Waals surface area contributed by atoms with Crippen molar-refractivity contribution in [1.82, 2.24) is 5.32 Å². The van der Waals surface area contributed by atoms with Crippen molar-refractivity contribution in [2.75, 3.05) is 0 Å². The largest absolute Gasteiger partial charge is 0.481 e. The maximum absolute atomic E-state index is 14.3. The highest BCUT2D eigenvalue weighted by Gasteiger charge is 2.44. The second kappa shape index (κ2) is 7.53. The molecular formula is C19H19F2NO3S. The molecule has 138 valence electrons. The molecule has 0 unspecified atom stereocenters. The number of thiophene rings is 1. The van der Waals surface area contributed by atoms with Crippen LogP contribution >= 0.6 is 11.3 Å². The van der Waals surface area contributed by atoms with Crippen molar-refractivity contribution >= 4 is 23.2 Å². The van der Waals surface area contributed by atoms with Crippen molar-refractivity contribution in [2.24, 2.45) is 5.92 Å². The molecule has 1 amide bonds. The highest BCUT2D eigenvalue weighted by atomic mass is 32.1. The number of carbonyl (C=O) groups excluding carboxylic acids is 1. The van der Waals surface area contributed by atoms with Crippen molar-refractivity contribution in [1.29, 1.82) is 0 Å². The summed E-state index contributed by atoms with van der Waals surface area (Å²) in [7, 11) is 0. The van der Waals surface area contributed by atoms with E-state index in [-0.39, 0.29) is 19.3 Å². The third-order valence-electron chi connectivity index (χ3n) is 4.71. The smallest absolute Gasteiger partial charge is 0.306 e. The number of carbonyl (C=O) groups is 2. The molecule has 1 fully saturated rings. The topological polar surface area (TPSA) is 66.4 Å². The second-order valence-electron chi connectivity index (χ2n) is 6.50. The minimum absolute atomic E-state index is 0.0502. The lowest BCUT2D eigenvalue weighted by molar-refractivity contribution is -0.142. The third kappa shape index (κ3) is 4.09. The van der Waals surface area contributed by atoms with Gasteiger partial charge in [-0.2, -0.15) is 0 Å². The van der Waals surface area contributed by atoms with Crippen LogP contribution in [0.15, 0.2) is 41.8 Å². The zero-order valence-corrected chi connectivity index (χ0v) is 14.8. The number of carboxylic acid groups (broad SMARTS) is 1. The molecule has 0 spiro atoms. The van der Waals surface area contributed by atoms with E-state index in [1.54, 1.807) is 11.4 Å². The van der Waals surface area contributed by atoms with Gasteiger partial charge in [0.05, 0.1) is 17.5 Å². The standard InChI is InChI=1S/C19H19F2NO3S/c20-19(21)9-8-13(18(24)25)6-7-16(19)22-17(23)14-10-15(26-11-14)12-4-2-1-3-5-12/h1-5,10-11,13,16H,6-9H2,(H,22,23)(H,24,25)/t13-,16-/m1/s1. The number of halogens is 2. The molecule has 2 N–H and O–H groups in total. The Morgan fingerprint density at radius 1 is 1.15 bits per heavy atom. The summed E-state index contributed by atoms with van der Waals surface area (Å²) in [5, 5.41) is 13.1. The van der Waals surface area contributed by atoms with Gasteiger partial charge < -0.3 is 10.4 Å². The van der Waals surface area contributed by atoms with E-state index in [1.165, 1.54) is 11.3 Å². The summed E-state index contributed by atoms with van der Waals surface area (Å²) in [5.74, 6) is -5.51. The van der Waals surface area contributed by atoms with Crippen molar-refractivity contribution in [3.8, 4) is 10.4 Å². The SMILES string of the molecule is O=C(N[C@@H]1CC[C@@H](C(=O)O)CCC1(F)F)c1csc(-c2ccccc2)c1. The van der Waals surface area contributed by atoms with Gasteiger partial charge in [0.1, 0.15) is 0 Å². The summed E-state index contributed by atoms with van der Waals surface area (Å²) >= 11 is 1.38. The number of alkyl halides is 2. The molecule has 1 saturated carbocycles. The first-order valence-electron chi connectivity index (χ1n) is 8.42. The molecule has 0 saturated heterocycles. The molecule has 2 aromatic rings. The molecule has 4 nitrogen and oxygen atoms in total. The molecule has 7 heteroatoms. The number of hydrogen-bond donors (Lipinski definition) is 2. The van der Waals surface area contributed by atoms with Crippen LogP contribution < -0.4 is 5.32 Å². The van der Waals surface area contributed by atoms with Gasteiger partial charge in [-0.1, -0.05) is 30.3 Å². The first kappa shape index (κ1) is 18.5. The summed E-state index contributed by atoms with van der Waals surface area (Å²) < 4.78 is 28.6. The monoisotopic (exact) mass is 379 g/mol. The van der Waals surface area contributed by atoms with Crippen LogP contribution in [-0.4, -0.2) is 28.9 Å². The molecule has 0 bridgehead atoms. The van der Waals surface area contributed by atoms with Gasteiger partial charge in [-0.15, -0.1) is 11.3 Å². The Balaban J connectivity index is 1.71. The van der Waals surface area contributed by atoms with Crippen LogP contribution in [0.2, 0.25) is 0 Å². The van der Waals surface area contributed by atoms with Gasteiger partial charge in [0.25, 0.3) is 11.8 Å². The van der Waals surface area contributed by atoms with Gasteiger partial charge in [0.2, 0.25) is 0 Å². The minimum Gasteiger partial charge on any atom is -0.481 e. The number of carboxylic acids is 1. The lowest BCUT2D eigenvalue weighted by atomic mass is 10.0. The lowest BCUT2D eigenvalue weighted by Crippen LogP contribution is -2.46. The number of benzene rings is 1. The Morgan fingerprint density at radius 2 is 1.88 bits per heavy atom. The highest BCUT2D eigenvalue weighted by molar-refractivity contribution is 7.13. The normalized spacial score (nSPS) is 22.4. The van der Waals surface area contributed by atoms with Crippen molar-refractivity contribution in [3.05, 3.63) is 47.3 Å². The van der Waals surface area contributed by atoms with E-state index in [2.05, 4.69) is 5.32 Å². The average molecular weight is 379 g/mol. The van der Waals surface area contributed by atoms with Gasteiger partial charge in [-0.3, -0.25) is 9.59 Å².